The standard InChI is InChI=1S/C25H32N2O2/c1-5-23-26-20-10-6-8-18-9-7-11-21(25(18)20)27(23)15-24(28)29-22-14-17(4)12-13-19(22)16(2)3/h6-11,16-17,19,22H,5,12-15H2,1-4H3/t17?,19?,22-/m1/s1. The number of carbonyl (C=O) groups excluding carboxylic acids is 1. The zero-order valence-corrected chi connectivity index (χ0v) is 18.0. The highest BCUT2D eigenvalue weighted by Crippen LogP contribution is 2.39. The maximum absolute atomic E-state index is 13.0. The first-order valence-electron chi connectivity index (χ1n) is 11.0. The third kappa shape index (κ3) is 3.90. The number of rotatable bonds is 5. The van der Waals surface area contributed by atoms with Gasteiger partial charge in [0.1, 0.15) is 18.5 Å². The van der Waals surface area contributed by atoms with Gasteiger partial charge in [-0.2, -0.15) is 0 Å². The molecular formula is C25H32N2O2. The number of hydrogen-bond donors (Lipinski definition) is 0. The lowest BCUT2D eigenvalue weighted by Gasteiger charge is -2.37. The van der Waals surface area contributed by atoms with Crippen molar-refractivity contribution in [1.82, 2.24) is 0 Å². The van der Waals surface area contributed by atoms with E-state index in [1.54, 1.807) is 0 Å². The van der Waals surface area contributed by atoms with Crippen molar-refractivity contribution in [3.8, 4) is 0 Å². The number of anilines is 1. The van der Waals surface area contributed by atoms with Crippen LogP contribution < -0.4 is 4.90 Å². The Morgan fingerprint density at radius 3 is 2.69 bits per heavy atom. The summed E-state index contributed by atoms with van der Waals surface area (Å²) in [7, 11) is 0. The molecule has 0 N–H and O–H groups in total. The number of hydrogen-bond acceptors (Lipinski definition) is 4. The molecule has 1 aliphatic heterocycles. The second-order valence-electron chi connectivity index (χ2n) is 8.97. The molecule has 29 heavy (non-hydrogen) atoms. The van der Waals surface area contributed by atoms with E-state index in [1.165, 1.54) is 6.42 Å². The highest BCUT2D eigenvalue weighted by atomic mass is 16.5. The number of carbonyl (C=O) groups is 1. The second-order valence-corrected chi connectivity index (χ2v) is 8.97. The smallest absolute Gasteiger partial charge is 0.326 e. The average molecular weight is 393 g/mol. The molecule has 1 saturated carbocycles. The first kappa shape index (κ1) is 19.9. The van der Waals surface area contributed by atoms with Gasteiger partial charge in [-0.15, -0.1) is 0 Å². The van der Waals surface area contributed by atoms with Crippen molar-refractivity contribution >= 4 is 34.0 Å². The molecule has 0 spiro atoms. The van der Waals surface area contributed by atoms with Crippen LogP contribution >= 0.6 is 0 Å². The fourth-order valence-electron chi connectivity index (χ4n) is 4.99. The van der Waals surface area contributed by atoms with Crippen LogP contribution in [0.5, 0.6) is 0 Å². The number of ether oxygens (including phenoxy) is 1. The summed E-state index contributed by atoms with van der Waals surface area (Å²) in [5.41, 5.74) is 2.04. The van der Waals surface area contributed by atoms with Crippen LogP contribution in [0.1, 0.15) is 53.4 Å². The molecule has 3 atom stereocenters. The molecule has 1 fully saturated rings. The van der Waals surface area contributed by atoms with Gasteiger partial charge in [-0.25, -0.2) is 4.99 Å². The summed E-state index contributed by atoms with van der Waals surface area (Å²) >= 11 is 0. The first-order valence-corrected chi connectivity index (χ1v) is 11.0. The fraction of sp³-hybridized carbons (Fsp3) is 0.520. The van der Waals surface area contributed by atoms with Gasteiger partial charge in [0.2, 0.25) is 0 Å². The van der Waals surface area contributed by atoms with Crippen LogP contribution in [0, 0.1) is 17.8 Å². The Bertz CT molecular complexity index is 928. The minimum atomic E-state index is -0.146. The van der Waals surface area contributed by atoms with Crippen LogP contribution in [0.3, 0.4) is 0 Å². The summed E-state index contributed by atoms with van der Waals surface area (Å²) in [6.07, 6.45) is 4.15. The highest BCUT2D eigenvalue weighted by Gasteiger charge is 2.34. The predicted molar refractivity (Wildman–Crippen MR) is 120 cm³/mol. The normalized spacial score (nSPS) is 24.0. The molecule has 0 saturated heterocycles. The van der Waals surface area contributed by atoms with Crippen molar-refractivity contribution in [3.63, 3.8) is 0 Å². The third-order valence-electron chi connectivity index (χ3n) is 6.56. The lowest BCUT2D eigenvalue weighted by atomic mass is 9.75. The van der Waals surface area contributed by atoms with Gasteiger partial charge in [0.25, 0.3) is 0 Å². The van der Waals surface area contributed by atoms with Crippen molar-refractivity contribution < 1.29 is 9.53 Å². The number of nitrogens with zero attached hydrogens (tertiary/aromatic N) is 2. The van der Waals surface area contributed by atoms with Gasteiger partial charge in [-0.05, 0) is 48.1 Å². The summed E-state index contributed by atoms with van der Waals surface area (Å²) in [6.45, 7) is 9.05. The van der Waals surface area contributed by atoms with Crippen molar-refractivity contribution in [3.05, 3.63) is 36.4 Å². The molecule has 0 bridgehead atoms. The second kappa shape index (κ2) is 8.17. The summed E-state index contributed by atoms with van der Waals surface area (Å²) in [4.78, 5) is 19.9. The molecule has 2 aliphatic rings. The lowest BCUT2D eigenvalue weighted by molar-refractivity contribution is -0.154. The Balaban J connectivity index is 1.58. The minimum Gasteiger partial charge on any atom is -0.461 e. The number of aliphatic imine (C=N–C) groups is 1. The largest absolute Gasteiger partial charge is 0.461 e. The quantitative estimate of drug-likeness (QED) is 0.577. The maximum atomic E-state index is 13.0. The molecule has 4 rings (SSSR count). The average Bonchev–Trinajstić information content (AvgIpc) is 2.69. The molecule has 1 heterocycles. The van der Waals surface area contributed by atoms with Gasteiger partial charge in [-0.3, -0.25) is 4.79 Å². The zero-order chi connectivity index (χ0) is 20.5. The molecule has 2 unspecified atom stereocenters. The van der Waals surface area contributed by atoms with Gasteiger partial charge in [0.15, 0.2) is 0 Å². The molecule has 4 nitrogen and oxygen atoms in total. The van der Waals surface area contributed by atoms with Gasteiger partial charge in [0, 0.05) is 11.8 Å². The van der Waals surface area contributed by atoms with Crippen LogP contribution in [-0.4, -0.2) is 24.5 Å². The van der Waals surface area contributed by atoms with E-state index in [0.717, 1.165) is 47.2 Å². The molecule has 154 valence electrons. The van der Waals surface area contributed by atoms with Crippen LogP contribution in [0.2, 0.25) is 0 Å². The van der Waals surface area contributed by atoms with Crippen molar-refractivity contribution in [2.75, 3.05) is 11.4 Å². The van der Waals surface area contributed by atoms with Crippen molar-refractivity contribution in [2.45, 2.75) is 59.5 Å². The predicted octanol–water partition coefficient (Wildman–Crippen LogP) is 6.10. The van der Waals surface area contributed by atoms with Gasteiger partial charge >= 0.3 is 5.97 Å². The van der Waals surface area contributed by atoms with E-state index in [1.807, 2.05) is 17.0 Å². The summed E-state index contributed by atoms with van der Waals surface area (Å²) in [5, 5.41) is 2.27. The molecule has 2 aromatic rings. The summed E-state index contributed by atoms with van der Waals surface area (Å²) < 4.78 is 6.08. The first-order chi connectivity index (χ1) is 14.0. The third-order valence-corrected chi connectivity index (χ3v) is 6.56. The monoisotopic (exact) mass is 392 g/mol. The van der Waals surface area contributed by atoms with Crippen molar-refractivity contribution in [1.29, 1.82) is 0 Å². The van der Waals surface area contributed by atoms with Gasteiger partial charge in [-0.1, -0.05) is 58.4 Å². The number of amidine groups is 1. The SMILES string of the molecule is CCC1=Nc2cccc3cccc(c23)N1CC(=O)O[C@@H]1CC(C)CCC1C(C)C. The Hall–Kier alpha value is -2.36. The van der Waals surface area contributed by atoms with Crippen LogP contribution in [0.25, 0.3) is 10.8 Å². The maximum Gasteiger partial charge on any atom is 0.326 e. The number of benzene rings is 2. The Kier molecular flexibility index (Phi) is 5.62. The molecule has 0 radical (unpaired) electrons. The van der Waals surface area contributed by atoms with Gasteiger partial charge in [0.05, 0.1) is 11.4 Å². The van der Waals surface area contributed by atoms with Crippen LogP contribution in [0.4, 0.5) is 11.4 Å². The van der Waals surface area contributed by atoms with E-state index in [-0.39, 0.29) is 18.6 Å². The zero-order valence-electron chi connectivity index (χ0n) is 18.0. The molecule has 4 heteroatoms. The lowest BCUT2D eigenvalue weighted by Crippen LogP contribution is -2.41. The molecule has 1 aliphatic carbocycles. The van der Waals surface area contributed by atoms with E-state index in [9.17, 15) is 4.79 Å². The van der Waals surface area contributed by atoms with Gasteiger partial charge < -0.3 is 9.64 Å². The van der Waals surface area contributed by atoms with E-state index in [2.05, 4.69) is 52.0 Å². The molecule has 0 amide bonds. The molecular weight excluding hydrogens is 360 g/mol. The van der Waals surface area contributed by atoms with Crippen LogP contribution in [0.15, 0.2) is 41.4 Å². The topological polar surface area (TPSA) is 41.9 Å². The Morgan fingerprint density at radius 2 is 1.97 bits per heavy atom. The Labute approximate surface area is 174 Å². The molecule has 2 aromatic carbocycles. The van der Waals surface area contributed by atoms with E-state index < -0.39 is 0 Å². The summed E-state index contributed by atoms with van der Waals surface area (Å²) in [6, 6.07) is 12.4. The summed E-state index contributed by atoms with van der Waals surface area (Å²) in [5.74, 6) is 2.38. The van der Waals surface area contributed by atoms with Crippen LogP contribution in [-0.2, 0) is 9.53 Å². The highest BCUT2D eigenvalue weighted by molar-refractivity contribution is 6.15. The fourth-order valence-corrected chi connectivity index (χ4v) is 4.99. The minimum absolute atomic E-state index is 0.0288. The molecule has 0 aromatic heterocycles. The Morgan fingerprint density at radius 1 is 1.21 bits per heavy atom. The van der Waals surface area contributed by atoms with E-state index in [0.29, 0.717) is 17.8 Å². The van der Waals surface area contributed by atoms with E-state index in [4.69, 9.17) is 9.73 Å². The number of esters is 1. The van der Waals surface area contributed by atoms with Crippen molar-refractivity contribution in [2.24, 2.45) is 22.7 Å². The van der Waals surface area contributed by atoms with E-state index >= 15 is 0 Å².